The Balaban J connectivity index is 1.72. The van der Waals surface area contributed by atoms with Gasteiger partial charge in [-0.25, -0.2) is 17.2 Å². The molecule has 7 nitrogen and oxygen atoms in total. The zero-order valence-electron chi connectivity index (χ0n) is 11.8. The van der Waals surface area contributed by atoms with Crippen LogP contribution in [0.5, 0.6) is 0 Å². The smallest absolute Gasteiger partial charge is 0.249 e. The van der Waals surface area contributed by atoms with Crippen molar-refractivity contribution in [3.8, 4) is 0 Å². The minimum atomic E-state index is -3.01. The molecule has 1 atom stereocenters. The maximum atomic E-state index is 13.6. The van der Waals surface area contributed by atoms with Gasteiger partial charge < -0.3 is 10.6 Å². The summed E-state index contributed by atoms with van der Waals surface area (Å²) in [7, 11) is -3.01. The van der Waals surface area contributed by atoms with E-state index in [1.807, 2.05) is 0 Å². The lowest BCUT2D eigenvalue weighted by atomic mass is 10.3. The van der Waals surface area contributed by atoms with E-state index in [0.717, 1.165) is 12.1 Å². The Bertz CT molecular complexity index is 831. The molecule has 10 heteroatoms. The van der Waals surface area contributed by atoms with Crippen molar-refractivity contribution in [2.24, 2.45) is 0 Å². The summed E-state index contributed by atoms with van der Waals surface area (Å²) in [6.07, 6.45) is 1.83. The third-order valence-corrected chi connectivity index (χ3v) is 5.09. The number of hydrogen-bond acceptors (Lipinski definition) is 7. The molecule has 1 fully saturated rings. The van der Waals surface area contributed by atoms with Gasteiger partial charge in [0.1, 0.15) is 11.6 Å². The molecule has 0 saturated carbocycles. The molecule has 1 aromatic carbocycles. The van der Waals surface area contributed by atoms with Crippen LogP contribution in [0.25, 0.3) is 0 Å². The highest BCUT2D eigenvalue weighted by Gasteiger charge is 2.28. The Hall–Kier alpha value is -2.36. The largest absolute Gasteiger partial charge is 0.365 e. The number of benzene rings is 1. The fraction of sp³-hybridized carbons (Fsp3) is 0.308. The van der Waals surface area contributed by atoms with Crippen LogP contribution in [-0.2, 0) is 9.84 Å². The molecule has 1 aromatic heterocycles. The maximum Gasteiger partial charge on any atom is 0.249 e. The first kappa shape index (κ1) is 15.5. The second-order valence-corrected chi connectivity index (χ2v) is 7.39. The highest BCUT2D eigenvalue weighted by molar-refractivity contribution is 7.91. The van der Waals surface area contributed by atoms with Gasteiger partial charge in [-0.15, -0.1) is 5.10 Å². The van der Waals surface area contributed by atoms with Gasteiger partial charge in [-0.1, -0.05) is 0 Å². The molecule has 2 N–H and O–H groups in total. The topological polar surface area (TPSA) is 96.9 Å². The summed E-state index contributed by atoms with van der Waals surface area (Å²) in [6, 6.07) is 2.82. The van der Waals surface area contributed by atoms with Crippen LogP contribution < -0.4 is 10.6 Å². The SMILES string of the molecule is O=S1(=O)CCC(Nc2cnnc(Nc3ccc(F)cc3F)n2)C1. The lowest BCUT2D eigenvalue weighted by Crippen LogP contribution is -2.21. The zero-order valence-corrected chi connectivity index (χ0v) is 12.6. The van der Waals surface area contributed by atoms with Crippen LogP contribution in [0.15, 0.2) is 24.4 Å². The highest BCUT2D eigenvalue weighted by atomic mass is 32.2. The van der Waals surface area contributed by atoms with Crippen molar-refractivity contribution in [3.05, 3.63) is 36.0 Å². The predicted octanol–water partition coefficient (Wildman–Crippen LogP) is 1.49. The van der Waals surface area contributed by atoms with Crippen molar-refractivity contribution >= 4 is 27.3 Å². The molecule has 122 valence electrons. The lowest BCUT2D eigenvalue weighted by molar-refractivity contribution is 0.585. The Morgan fingerprint density at radius 2 is 2.09 bits per heavy atom. The summed E-state index contributed by atoms with van der Waals surface area (Å²) in [5, 5.41) is 13.0. The number of anilines is 3. The number of nitrogens with zero attached hydrogens (tertiary/aromatic N) is 3. The molecule has 23 heavy (non-hydrogen) atoms. The van der Waals surface area contributed by atoms with E-state index in [-0.39, 0.29) is 29.2 Å². The third kappa shape index (κ3) is 3.89. The number of nitrogens with one attached hydrogen (secondary N) is 2. The lowest BCUT2D eigenvalue weighted by Gasteiger charge is -2.12. The Labute approximate surface area is 131 Å². The molecule has 0 radical (unpaired) electrons. The van der Waals surface area contributed by atoms with Crippen molar-refractivity contribution in [1.82, 2.24) is 15.2 Å². The van der Waals surface area contributed by atoms with Crippen LogP contribution in [0.2, 0.25) is 0 Å². The third-order valence-electron chi connectivity index (χ3n) is 3.32. The first-order chi connectivity index (χ1) is 10.9. The van der Waals surface area contributed by atoms with Crippen LogP contribution >= 0.6 is 0 Å². The molecule has 1 unspecified atom stereocenters. The zero-order chi connectivity index (χ0) is 16.4. The van der Waals surface area contributed by atoms with Crippen molar-refractivity contribution < 1.29 is 17.2 Å². The van der Waals surface area contributed by atoms with E-state index < -0.39 is 21.5 Å². The first-order valence-electron chi connectivity index (χ1n) is 6.80. The van der Waals surface area contributed by atoms with E-state index in [9.17, 15) is 17.2 Å². The summed E-state index contributed by atoms with van der Waals surface area (Å²) in [5.74, 6) is -0.964. The second kappa shape index (κ2) is 6.03. The quantitative estimate of drug-likeness (QED) is 0.869. The number of hydrogen-bond donors (Lipinski definition) is 2. The summed E-state index contributed by atoms with van der Waals surface area (Å²) < 4.78 is 49.3. The Kier molecular flexibility index (Phi) is 4.07. The maximum absolute atomic E-state index is 13.6. The van der Waals surface area contributed by atoms with Gasteiger partial charge in [0.05, 0.1) is 23.4 Å². The van der Waals surface area contributed by atoms with Gasteiger partial charge >= 0.3 is 0 Å². The summed E-state index contributed by atoms with van der Waals surface area (Å²) >= 11 is 0. The van der Waals surface area contributed by atoms with Crippen molar-refractivity contribution in [2.45, 2.75) is 12.5 Å². The number of rotatable bonds is 4. The van der Waals surface area contributed by atoms with E-state index in [2.05, 4.69) is 25.8 Å². The predicted molar refractivity (Wildman–Crippen MR) is 80.1 cm³/mol. The molecule has 1 saturated heterocycles. The minimum absolute atomic E-state index is 0.00814. The van der Waals surface area contributed by atoms with Gasteiger partial charge in [0, 0.05) is 12.1 Å². The fourth-order valence-electron chi connectivity index (χ4n) is 2.26. The van der Waals surface area contributed by atoms with Crippen LogP contribution in [0.1, 0.15) is 6.42 Å². The number of aromatic nitrogens is 3. The van der Waals surface area contributed by atoms with Crippen LogP contribution in [0.4, 0.5) is 26.2 Å². The molecule has 2 aromatic rings. The van der Waals surface area contributed by atoms with Crippen molar-refractivity contribution in [1.29, 1.82) is 0 Å². The van der Waals surface area contributed by atoms with E-state index >= 15 is 0 Å². The molecule has 2 heterocycles. The standard InChI is InChI=1S/C13H13F2N5O2S/c14-8-1-2-11(10(15)5-8)18-13-19-12(6-16-20-13)17-9-3-4-23(21,22)7-9/h1-2,5-6,9H,3-4,7H2,(H2,17,18,19,20). The van der Waals surface area contributed by atoms with Gasteiger partial charge in [-0.05, 0) is 18.6 Å². The molecule has 0 aliphatic carbocycles. The second-order valence-electron chi connectivity index (χ2n) is 5.16. The van der Waals surface area contributed by atoms with Crippen LogP contribution in [0, 0.1) is 11.6 Å². The summed E-state index contributed by atoms with van der Waals surface area (Å²) in [5.41, 5.74) is 0.00814. The van der Waals surface area contributed by atoms with Crippen LogP contribution in [0.3, 0.4) is 0 Å². The molecular formula is C13H13F2N5O2S. The molecule has 1 aliphatic heterocycles. The minimum Gasteiger partial charge on any atom is -0.365 e. The van der Waals surface area contributed by atoms with Gasteiger partial charge in [-0.3, -0.25) is 0 Å². The first-order valence-corrected chi connectivity index (χ1v) is 8.62. The fourth-order valence-corrected chi connectivity index (χ4v) is 3.93. The van der Waals surface area contributed by atoms with Crippen LogP contribution in [-0.4, -0.2) is 41.1 Å². The van der Waals surface area contributed by atoms with Gasteiger partial charge in [0.2, 0.25) is 5.95 Å². The molecule has 0 bridgehead atoms. The molecule has 0 amide bonds. The number of halogens is 2. The molecular weight excluding hydrogens is 328 g/mol. The number of sulfone groups is 1. The summed E-state index contributed by atoms with van der Waals surface area (Å²) in [6.45, 7) is 0. The monoisotopic (exact) mass is 341 g/mol. The van der Waals surface area contributed by atoms with E-state index in [1.54, 1.807) is 0 Å². The van der Waals surface area contributed by atoms with Gasteiger partial charge in [-0.2, -0.15) is 10.1 Å². The molecule has 3 rings (SSSR count). The Morgan fingerprint density at radius 1 is 1.26 bits per heavy atom. The Morgan fingerprint density at radius 3 is 2.78 bits per heavy atom. The van der Waals surface area contributed by atoms with Crippen molar-refractivity contribution in [2.75, 3.05) is 22.1 Å². The average Bonchev–Trinajstić information content (AvgIpc) is 2.81. The highest BCUT2D eigenvalue weighted by Crippen LogP contribution is 2.20. The van der Waals surface area contributed by atoms with Crippen molar-refractivity contribution in [3.63, 3.8) is 0 Å². The molecule has 0 spiro atoms. The van der Waals surface area contributed by atoms with E-state index in [0.29, 0.717) is 12.2 Å². The van der Waals surface area contributed by atoms with Gasteiger partial charge in [0.15, 0.2) is 15.7 Å². The average molecular weight is 341 g/mol. The molecule has 1 aliphatic rings. The van der Waals surface area contributed by atoms with E-state index in [1.165, 1.54) is 12.3 Å². The van der Waals surface area contributed by atoms with E-state index in [4.69, 9.17) is 0 Å². The normalized spacial score (nSPS) is 19.5. The van der Waals surface area contributed by atoms with Gasteiger partial charge in [0.25, 0.3) is 0 Å². The summed E-state index contributed by atoms with van der Waals surface area (Å²) in [4.78, 5) is 4.09.